The number of rotatable bonds is 5. The zero-order valence-corrected chi connectivity index (χ0v) is 15.0. The number of carbonyl (C=O) groups excluding carboxylic acids is 1. The summed E-state index contributed by atoms with van der Waals surface area (Å²) in [5.41, 5.74) is 1.55. The van der Waals surface area contributed by atoms with Gasteiger partial charge in [-0.25, -0.2) is 13.2 Å². The highest BCUT2D eigenvalue weighted by atomic mass is 32.2. The standard InChI is InChI=1S/C18H21N3O3S/c1-13(14-4-3-11-19-12-14)21(16-7-8-16)18(22)20-15-5-9-17(10-6-15)25(2,23)24/h3-6,9-13,16H,7-8H2,1-2H3,(H,20,22). The minimum atomic E-state index is -3.25. The molecule has 0 aliphatic heterocycles. The Morgan fingerprint density at radius 2 is 1.92 bits per heavy atom. The Bertz CT molecular complexity index is 847. The molecule has 7 heteroatoms. The van der Waals surface area contributed by atoms with Crippen LogP contribution in [0.4, 0.5) is 10.5 Å². The highest BCUT2D eigenvalue weighted by molar-refractivity contribution is 7.90. The Morgan fingerprint density at radius 3 is 2.44 bits per heavy atom. The number of pyridine rings is 1. The van der Waals surface area contributed by atoms with Crippen molar-refractivity contribution in [2.45, 2.75) is 36.7 Å². The number of hydrogen-bond donors (Lipinski definition) is 1. The van der Waals surface area contributed by atoms with Crippen molar-refractivity contribution in [2.24, 2.45) is 0 Å². The summed E-state index contributed by atoms with van der Waals surface area (Å²) in [7, 11) is -3.25. The average molecular weight is 359 g/mol. The number of amides is 2. The molecule has 2 aromatic rings. The molecular weight excluding hydrogens is 338 g/mol. The van der Waals surface area contributed by atoms with Crippen molar-refractivity contribution in [3.8, 4) is 0 Å². The zero-order valence-electron chi connectivity index (χ0n) is 14.2. The highest BCUT2D eigenvalue weighted by Gasteiger charge is 2.36. The molecule has 1 aliphatic carbocycles. The SMILES string of the molecule is CC(c1cccnc1)N(C(=O)Nc1ccc(S(C)(=O)=O)cc1)C1CC1. The monoisotopic (exact) mass is 359 g/mol. The Morgan fingerprint density at radius 1 is 1.24 bits per heavy atom. The van der Waals surface area contributed by atoms with Gasteiger partial charge in [-0.1, -0.05) is 6.07 Å². The van der Waals surface area contributed by atoms with Crippen LogP contribution in [-0.4, -0.2) is 36.6 Å². The molecule has 2 amide bonds. The minimum Gasteiger partial charge on any atom is -0.315 e. The van der Waals surface area contributed by atoms with E-state index < -0.39 is 9.84 Å². The molecule has 25 heavy (non-hydrogen) atoms. The maximum atomic E-state index is 12.8. The second-order valence-corrected chi connectivity index (χ2v) is 8.34. The number of sulfone groups is 1. The van der Waals surface area contributed by atoms with Gasteiger partial charge < -0.3 is 10.2 Å². The minimum absolute atomic E-state index is 0.0866. The fourth-order valence-electron chi connectivity index (χ4n) is 2.77. The van der Waals surface area contributed by atoms with Crippen LogP contribution in [0.25, 0.3) is 0 Å². The van der Waals surface area contributed by atoms with Crippen molar-refractivity contribution < 1.29 is 13.2 Å². The van der Waals surface area contributed by atoms with Gasteiger partial charge in [-0.15, -0.1) is 0 Å². The van der Waals surface area contributed by atoms with Crippen LogP contribution in [0.2, 0.25) is 0 Å². The fourth-order valence-corrected chi connectivity index (χ4v) is 3.40. The lowest BCUT2D eigenvalue weighted by atomic mass is 10.1. The molecule has 0 saturated heterocycles. The molecule has 3 rings (SSSR count). The van der Waals surface area contributed by atoms with E-state index in [2.05, 4.69) is 10.3 Å². The van der Waals surface area contributed by atoms with Crippen molar-refractivity contribution >= 4 is 21.6 Å². The third-order valence-electron chi connectivity index (χ3n) is 4.29. The number of hydrogen-bond acceptors (Lipinski definition) is 4. The van der Waals surface area contributed by atoms with Crippen molar-refractivity contribution in [3.63, 3.8) is 0 Å². The van der Waals surface area contributed by atoms with E-state index in [1.807, 2.05) is 24.0 Å². The van der Waals surface area contributed by atoms with Crippen molar-refractivity contribution in [1.29, 1.82) is 0 Å². The van der Waals surface area contributed by atoms with Crippen LogP contribution in [0.5, 0.6) is 0 Å². The van der Waals surface area contributed by atoms with E-state index >= 15 is 0 Å². The summed E-state index contributed by atoms with van der Waals surface area (Å²) >= 11 is 0. The topological polar surface area (TPSA) is 79.4 Å². The molecule has 1 aromatic carbocycles. The Kier molecular flexibility index (Phi) is 4.76. The number of urea groups is 1. The molecule has 1 aromatic heterocycles. The van der Waals surface area contributed by atoms with E-state index in [1.165, 1.54) is 12.1 Å². The van der Waals surface area contributed by atoms with Crippen LogP contribution < -0.4 is 5.32 Å². The summed E-state index contributed by atoms with van der Waals surface area (Å²) in [5, 5.41) is 2.86. The van der Waals surface area contributed by atoms with E-state index in [4.69, 9.17) is 0 Å². The second kappa shape index (κ2) is 6.84. The predicted molar refractivity (Wildman–Crippen MR) is 96.1 cm³/mol. The Labute approximate surface area is 147 Å². The van der Waals surface area contributed by atoms with Crippen LogP contribution in [0, 0.1) is 0 Å². The first-order chi connectivity index (χ1) is 11.9. The quantitative estimate of drug-likeness (QED) is 0.889. The lowest BCUT2D eigenvalue weighted by molar-refractivity contribution is 0.189. The molecular formula is C18H21N3O3S. The molecule has 132 valence electrons. The lowest BCUT2D eigenvalue weighted by Crippen LogP contribution is -2.38. The maximum Gasteiger partial charge on any atom is 0.322 e. The molecule has 1 unspecified atom stereocenters. The van der Waals surface area contributed by atoms with Crippen LogP contribution in [0.15, 0.2) is 53.7 Å². The molecule has 1 saturated carbocycles. The van der Waals surface area contributed by atoms with Gasteiger partial charge in [-0.3, -0.25) is 4.98 Å². The summed E-state index contributed by atoms with van der Waals surface area (Å²) in [4.78, 5) is 19.0. The summed E-state index contributed by atoms with van der Waals surface area (Å²) in [6.45, 7) is 1.99. The van der Waals surface area contributed by atoms with Crippen LogP contribution >= 0.6 is 0 Å². The van der Waals surface area contributed by atoms with Crippen molar-refractivity contribution in [3.05, 3.63) is 54.4 Å². The van der Waals surface area contributed by atoms with Gasteiger partial charge in [-0.2, -0.15) is 0 Å². The third-order valence-corrected chi connectivity index (χ3v) is 5.42. The molecule has 0 radical (unpaired) electrons. The molecule has 1 N–H and O–H groups in total. The van der Waals surface area contributed by atoms with Crippen LogP contribution in [0.1, 0.15) is 31.4 Å². The Hall–Kier alpha value is -2.41. The molecule has 0 spiro atoms. The summed E-state index contributed by atoms with van der Waals surface area (Å²) in [5.74, 6) is 0. The van der Waals surface area contributed by atoms with Gasteiger partial charge in [0.15, 0.2) is 9.84 Å². The van der Waals surface area contributed by atoms with E-state index in [-0.39, 0.29) is 23.0 Å². The largest absolute Gasteiger partial charge is 0.322 e. The van der Waals surface area contributed by atoms with Crippen molar-refractivity contribution in [1.82, 2.24) is 9.88 Å². The first kappa shape index (κ1) is 17.4. The average Bonchev–Trinajstić information content (AvgIpc) is 3.40. The zero-order chi connectivity index (χ0) is 18.0. The summed E-state index contributed by atoms with van der Waals surface area (Å²) < 4.78 is 23.0. The van der Waals surface area contributed by atoms with E-state index in [0.717, 1.165) is 24.7 Å². The molecule has 1 heterocycles. The van der Waals surface area contributed by atoms with E-state index in [1.54, 1.807) is 24.5 Å². The molecule has 6 nitrogen and oxygen atoms in total. The summed E-state index contributed by atoms with van der Waals surface area (Å²) in [6.07, 6.45) is 6.62. The highest BCUT2D eigenvalue weighted by Crippen LogP contribution is 2.34. The molecule has 1 fully saturated rings. The van der Waals surface area contributed by atoms with Gasteiger partial charge >= 0.3 is 6.03 Å². The molecule has 0 bridgehead atoms. The number of carbonyl (C=O) groups is 1. The predicted octanol–water partition coefficient (Wildman–Crippen LogP) is 3.24. The van der Waals surface area contributed by atoms with E-state index in [0.29, 0.717) is 5.69 Å². The lowest BCUT2D eigenvalue weighted by Gasteiger charge is -2.29. The van der Waals surface area contributed by atoms with E-state index in [9.17, 15) is 13.2 Å². The van der Waals surface area contributed by atoms with Crippen molar-refractivity contribution in [2.75, 3.05) is 11.6 Å². The first-order valence-corrected chi connectivity index (χ1v) is 10.0. The number of anilines is 1. The number of aromatic nitrogens is 1. The van der Waals surface area contributed by atoms with Gasteiger partial charge in [0.25, 0.3) is 0 Å². The van der Waals surface area contributed by atoms with Gasteiger partial charge in [0.2, 0.25) is 0 Å². The number of nitrogens with one attached hydrogen (secondary N) is 1. The number of nitrogens with zero attached hydrogens (tertiary/aromatic N) is 2. The smallest absolute Gasteiger partial charge is 0.315 e. The first-order valence-electron chi connectivity index (χ1n) is 8.15. The van der Waals surface area contributed by atoms with Gasteiger partial charge in [0, 0.05) is 30.4 Å². The molecule has 1 atom stereocenters. The fraction of sp³-hybridized carbons (Fsp3) is 0.333. The van der Waals surface area contributed by atoms with Gasteiger partial charge in [-0.05, 0) is 55.7 Å². The molecule has 1 aliphatic rings. The van der Waals surface area contributed by atoms with Crippen LogP contribution in [-0.2, 0) is 9.84 Å². The van der Waals surface area contributed by atoms with Gasteiger partial charge in [0.05, 0.1) is 10.9 Å². The van der Waals surface area contributed by atoms with Gasteiger partial charge in [0.1, 0.15) is 0 Å². The Balaban J connectivity index is 1.76. The summed E-state index contributed by atoms with van der Waals surface area (Å²) in [6, 6.07) is 9.98. The second-order valence-electron chi connectivity index (χ2n) is 6.33. The normalized spacial score (nSPS) is 15.4. The maximum absolute atomic E-state index is 12.8. The van der Waals surface area contributed by atoms with Crippen LogP contribution in [0.3, 0.4) is 0 Å². The number of benzene rings is 1. The third kappa shape index (κ3) is 4.17.